The highest BCUT2D eigenvalue weighted by molar-refractivity contribution is 5.80. The van der Waals surface area contributed by atoms with Gasteiger partial charge >= 0.3 is 5.97 Å². The van der Waals surface area contributed by atoms with Crippen LogP contribution in [-0.4, -0.2) is 48.2 Å². The highest BCUT2D eigenvalue weighted by Crippen LogP contribution is 2.20. The molecule has 0 radical (unpaired) electrons. The van der Waals surface area contributed by atoms with Crippen LogP contribution in [0.15, 0.2) is 0 Å². The number of nitrogens with one attached hydrogen (secondary N) is 1. The molecule has 4 heteroatoms. The Kier molecular flexibility index (Phi) is 6.96. The first kappa shape index (κ1) is 17.4. The summed E-state index contributed by atoms with van der Waals surface area (Å²) in [6, 6.07) is 0.798. The van der Waals surface area contributed by atoms with Gasteiger partial charge in [0.1, 0.15) is 5.54 Å². The average molecular weight is 284 g/mol. The Balaban J connectivity index is 2.79. The summed E-state index contributed by atoms with van der Waals surface area (Å²) in [6.45, 7) is 12.5. The number of carbonyl (C=O) groups is 1. The molecule has 118 valence electrons. The molecule has 1 aliphatic heterocycles. The molecule has 0 amide bonds. The van der Waals surface area contributed by atoms with Gasteiger partial charge < -0.3 is 4.74 Å². The third kappa shape index (κ3) is 5.06. The van der Waals surface area contributed by atoms with E-state index < -0.39 is 5.54 Å². The molecule has 0 aliphatic carbocycles. The van der Waals surface area contributed by atoms with Crippen molar-refractivity contribution in [3.05, 3.63) is 0 Å². The Bertz CT molecular complexity index is 307. The molecular weight excluding hydrogens is 252 g/mol. The van der Waals surface area contributed by atoms with Gasteiger partial charge in [-0.25, -0.2) is 0 Å². The first-order valence-electron chi connectivity index (χ1n) is 8.08. The maximum absolute atomic E-state index is 12.4. The summed E-state index contributed by atoms with van der Waals surface area (Å²) < 4.78 is 5.29. The molecule has 1 fully saturated rings. The Morgan fingerprint density at radius 2 is 2.10 bits per heavy atom. The number of hydrogen-bond donors (Lipinski definition) is 1. The molecule has 2 atom stereocenters. The van der Waals surface area contributed by atoms with Gasteiger partial charge in [0.2, 0.25) is 0 Å². The second-order valence-corrected chi connectivity index (χ2v) is 6.52. The molecule has 1 aliphatic rings. The fourth-order valence-corrected chi connectivity index (χ4v) is 3.07. The van der Waals surface area contributed by atoms with Crippen molar-refractivity contribution in [2.75, 3.05) is 19.7 Å². The average Bonchev–Trinajstić information content (AvgIpc) is 2.54. The molecule has 0 aromatic rings. The summed E-state index contributed by atoms with van der Waals surface area (Å²) in [6.07, 6.45) is 5.05. The fraction of sp³-hybridized carbons (Fsp3) is 0.938. The predicted octanol–water partition coefficient (Wildman–Crippen LogP) is 2.57. The monoisotopic (exact) mass is 284 g/mol. The lowest BCUT2D eigenvalue weighted by molar-refractivity contribution is -0.152. The fourth-order valence-electron chi connectivity index (χ4n) is 3.07. The van der Waals surface area contributed by atoms with E-state index in [4.69, 9.17) is 4.74 Å². The van der Waals surface area contributed by atoms with Crippen molar-refractivity contribution in [2.45, 2.75) is 77.9 Å². The van der Waals surface area contributed by atoms with Crippen LogP contribution in [-0.2, 0) is 9.53 Å². The zero-order chi connectivity index (χ0) is 15.2. The lowest BCUT2D eigenvalue weighted by atomic mass is 9.99. The first-order chi connectivity index (χ1) is 9.39. The molecule has 2 unspecified atom stereocenters. The number of esters is 1. The van der Waals surface area contributed by atoms with Gasteiger partial charge in [0, 0.05) is 18.6 Å². The van der Waals surface area contributed by atoms with Gasteiger partial charge in [-0.05, 0) is 54.0 Å². The van der Waals surface area contributed by atoms with Crippen LogP contribution in [0.25, 0.3) is 0 Å². The molecule has 0 bridgehead atoms. The number of likely N-dealkylation sites (tertiary alicyclic amines) is 1. The normalized spacial score (nSPS) is 24.2. The summed E-state index contributed by atoms with van der Waals surface area (Å²) in [4.78, 5) is 14.8. The number of hydrogen-bond acceptors (Lipinski definition) is 4. The maximum atomic E-state index is 12.4. The van der Waals surface area contributed by atoms with Crippen LogP contribution in [0, 0.1) is 0 Å². The van der Waals surface area contributed by atoms with Gasteiger partial charge in [0.15, 0.2) is 0 Å². The Morgan fingerprint density at radius 3 is 2.70 bits per heavy atom. The van der Waals surface area contributed by atoms with E-state index in [0.717, 1.165) is 13.1 Å². The van der Waals surface area contributed by atoms with Crippen molar-refractivity contribution in [2.24, 2.45) is 0 Å². The molecule has 20 heavy (non-hydrogen) atoms. The number of nitrogens with zero attached hydrogens (tertiary/aromatic N) is 1. The smallest absolute Gasteiger partial charge is 0.327 e. The molecule has 1 heterocycles. The number of rotatable bonds is 6. The summed E-state index contributed by atoms with van der Waals surface area (Å²) >= 11 is 0. The quantitative estimate of drug-likeness (QED) is 0.761. The minimum atomic E-state index is -0.622. The Labute approximate surface area is 124 Å². The van der Waals surface area contributed by atoms with Crippen LogP contribution in [0.1, 0.15) is 60.3 Å². The lowest BCUT2D eigenvalue weighted by Gasteiger charge is -2.37. The van der Waals surface area contributed by atoms with E-state index >= 15 is 0 Å². The minimum Gasteiger partial charge on any atom is -0.465 e. The maximum Gasteiger partial charge on any atom is 0.327 e. The van der Waals surface area contributed by atoms with E-state index in [2.05, 4.69) is 31.0 Å². The summed E-state index contributed by atoms with van der Waals surface area (Å²) in [5.74, 6) is -0.134. The van der Waals surface area contributed by atoms with Gasteiger partial charge in [-0.3, -0.25) is 15.0 Å². The Hall–Kier alpha value is -0.610. The highest BCUT2D eigenvalue weighted by atomic mass is 16.5. The molecule has 0 aromatic carbocycles. The van der Waals surface area contributed by atoms with Gasteiger partial charge in [-0.15, -0.1) is 0 Å². The molecule has 0 saturated carbocycles. The van der Waals surface area contributed by atoms with E-state index in [1.165, 1.54) is 25.7 Å². The van der Waals surface area contributed by atoms with Crippen LogP contribution < -0.4 is 5.32 Å². The van der Waals surface area contributed by atoms with Gasteiger partial charge in [-0.2, -0.15) is 0 Å². The molecule has 1 N–H and O–H groups in total. The van der Waals surface area contributed by atoms with Gasteiger partial charge in [-0.1, -0.05) is 12.8 Å². The van der Waals surface area contributed by atoms with E-state index in [1.807, 2.05) is 13.8 Å². The van der Waals surface area contributed by atoms with Crippen molar-refractivity contribution in [1.29, 1.82) is 0 Å². The number of ether oxygens (including phenoxy) is 1. The van der Waals surface area contributed by atoms with Crippen LogP contribution in [0.5, 0.6) is 0 Å². The van der Waals surface area contributed by atoms with Crippen molar-refractivity contribution in [1.82, 2.24) is 10.2 Å². The van der Waals surface area contributed by atoms with E-state index in [-0.39, 0.29) is 12.0 Å². The first-order valence-corrected chi connectivity index (χ1v) is 8.08. The van der Waals surface area contributed by atoms with Crippen LogP contribution in [0.4, 0.5) is 0 Å². The molecule has 1 saturated heterocycles. The van der Waals surface area contributed by atoms with Crippen molar-refractivity contribution in [3.8, 4) is 0 Å². The van der Waals surface area contributed by atoms with Crippen LogP contribution in [0.3, 0.4) is 0 Å². The summed E-state index contributed by atoms with van der Waals surface area (Å²) in [5.41, 5.74) is -0.622. The highest BCUT2D eigenvalue weighted by Gasteiger charge is 2.38. The third-order valence-electron chi connectivity index (χ3n) is 4.04. The lowest BCUT2D eigenvalue weighted by Crippen LogP contribution is -2.60. The molecular formula is C16H32N2O2. The van der Waals surface area contributed by atoms with Crippen molar-refractivity contribution >= 4 is 5.97 Å². The second-order valence-electron chi connectivity index (χ2n) is 6.52. The second kappa shape index (κ2) is 7.99. The topological polar surface area (TPSA) is 41.6 Å². The van der Waals surface area contributed by atoms with E-state index in [0.29, 0.717) is 12.6 Å². The Morgan fingerprint density at radius 1 is 1.40 bits per heavy atom. The van der Waals surface area contributed by atoms with Crippen molar-refractivity contribution < 1.29 is 9.53 Å². The summed E-state index contributed by atoms with van der Waals surface area (Å²) in [5, 5.41) is 3.41. The van der Waals surface area contributed by atoms with Gasteiger partial charge in [0.25, 0.3) is 0 Å². The van der Waals surface area contributed by atoms with Crippen LogP contribution >= 0.6 is 0 Å². The van der Waals surface area contributed by atoms with E-state index in [1.54, 1.807) is 0 Å². The molecule has 0 spiro atoms. The molecule has 4 nitrogen and oxygen atoms in total. The SMILES string of the molecule is CCOC(=O)C(C)(CN1CCCCCC1C)NC(C)C. The largest absolute Gasteiger partial charge is 0.465 e. The minimum absolute atomic E-state index is 0.134. The standard InChI is InChI=1S/C16H32N2O2/c1-6-20-15(19)16(5,17-13(2)3)12-18-11-9-7-8-10-14(18)4/h13-14,17H,6-12H2,1-5H3. The third-order valence-corrected chi connectivity index (χ3v) is 4.04. The molecule has 1 rings (SSSR count). The summed E-state index contributed by atoms with van der Waals surface area (Å²) in [7, 11) is 0. The molecule has 0 aromatic heterocycles. The van der Waals surface area contributed by atoms with Crippen LogP contribution in [0.2, 0.25) is 0 Å². The van der Waals surface area contributed by atoms with E-state index in [9.17, 15) is 4.79 Å². The zero-order valence-electron chi connectivity index (χ0n) is 13.9. The van der Waals surface area contributed by atoms with Crippen molar-refractivity contribution in [3.63, 3.8) is 0 Å². The number of carbonyl (C=O) groups excluding carboxylic acids is 1. The predicted molar refractivity (Wildman–Crippen MR) is 82.8 cm³/mol. The van der Waals surface area contributed by atoms with Gasteiger partial charge in [0.05, 0.1) is 6.61 Å². The zero-order valence-corrected chi connectivity index (χ0v) is 13.9.